The lowest BCUT2D eigenvalue weighted by Gasteiger charge is -2.09. The van der Waals surface area contributed by atoms with Gasteiger partial charge in [-0.25, -0.2) is 0 Å². The molecule has 1 aliphatic heterocycles. The SMILES string of the molecule is CNC(=O)C1CSC(OC)N1. The fourth-order valence-corrected chi connectivity index (χ4v) is 1.92. The average Bonchev–Trinajstić information content (AvgIpc) is 2.50. The quantitative estimate of drug-likeness (QED) is 0.588. The highest BCUT2D eigenvalue weighted by Gasteiger charge is 2.28. The van der Waals surface area contributed by atoms with Crippen LogP contribution in [-0.2, 0) is 9.53 Å². The minimum Gasteiger partial charge on any atom is -0.358 e. The Kier molecular flexibility index (Phi) is 3.16. The molecule has 1 saturated heterocycles. The molecule has 64 valence electrons. The summed E-state index contributed by atoms with van der Waals surface area (Å²) in [7, 11) is 3.26. The summed E-state index contributed by atoms with van der Waals surface area (Å²) >= 11 is 1.60. The Labute approximate surface area is 70.1 Å². The molecule has 2 N–H and O–H groups in total. The zero-order valence-corrected chi connectivity index (χ0v) is 7.40. The van der Waals surface area contributed by atoms with Crippen molar-refractivity contribution in [2.45, 2.75) is 11.6 Å². The van der Waals surface area contributed by atoms with Gasteiger partial charge in [-0.2, -0.15) is 0 Å². The summed E-state index contributed by atoms with van der Waals surface area (Å²) in [5.74, 6) is 0.801. The highest BCUT2D eigenvalue weighted by Crippen LogP contribution is 2.18. The Morgan fingerprint density at radius 1 is 1.82 bits per heavy atom. The van der Waals surface area contributed by atoms with Gasteiger partial charge in [0.25, 0.3) is 0 Å². The van der Waals surface area contributed by atoms with Crippen LogP contribution in [0.1, 0.15) is 0 Å². The zero-order chi connectivity index (χ0) is 8.27. The largest absolute Gasteiger partial charge is 0.358 e. The second kappa shape index (κ2) is 3.94. The van der Waals surface area contributed by atoms with Gasteiger partial charge < -0.3 is 10.1 Å². The smallest absolute Gasteiger partial charge is 0.237 e. The highest BCUT2D eigenvalue weighted by molar-refractivity contribution is 8.00. The van der Waals surface area contributed by atoms with Gasteiger partial charge in [-0.15, -0.1) is 11.8 Å². The number of carbonyl (C=O) groups is 1. The Hall–Kier alpha value is -0.260. The van der Waals surface area contributed by atoms with Gasteiger partial charge in [-0.3, -0.25) is 10.1 Å². The molecule has 2 atom stereocenters. The van der Waals surface area contributed by atoms with Crippen molar-refractivity contribution in [2.24, 2.45) is 0 Å². The number of thioether (sulfide) groups is 1. The second-order valence-corrected chi connectivity index (χ2v) is 3.33. The summed E-state index contributed by atoms with van der Waals surface area (Å²) in [6.07, 6.45) is 0. The lowest BCUT2D eigenvalue weighted by atomic mass is 10.3. The molecule has 1 rings (SSSR count). The maximum absolute atomic E-state index is 11.0. The summed E-state index contributed by atoms with van der Waals surface area (Å²) in [5, 5.41) is 5.60. The first kappa shape index (κ1) is 8.83. The predicted octanol–water partition coefficient (Wildman–Crippen LogP) is -0.633. The molecule has 5 heteroatoms. The minimum absolute atomic E-state index is 0.0250. The standard InChI is InChI=1S/C6H12N2O2S/c1-7-5(9)4-3-11-6(8-4)10-2/h4,6,8H,3H2,1-2H3,(H,7,9). The molecular formula is C6H12N2O2S. The van der Waals surface area contributed by atoms with E-state index in [9.17, 15) is 4.79 Å². The van der Waals surface area contributed by atoms with Crippen LogP contribution in [0.4, 0.5) is 0 Å². The van der Waals surface area contributed by atoms with Crippen LogP contribution >= 0.6 is 11.8 Å². The Morgan fingerprint density at radius 3 is 3.00 bits per heavy atom. The van der Waals surface area contributed by atoms with Crippen LogP contribution in [-0.4, -0.2) is 37.4 Å². The third-order valence-electron chi connectivity index (χ3n) is 1.53. The van der Waals surface area contributed by atoms with E-state index in [2.05, 4.69) is 10.6 Å². The van der Waals surface area contributed by atoms with Gasteiger partial charge >= 0.3 is 0 Å². The molecule has 0 aromatic carbocycles. The van der Waals surface area contributed by atoms with Crippen LogP contribution in [0.3, 0.4) is 0 Å². The van der Waals surface area contributed by atoms with Crippen molar-refractivity contribution in [2.75, 3.05) is 19.9 Å². The van der Waals surface area contributed by atoms with Gasteiger partial charge in [0, 0.05) is 19.9 Å². The lowest BCUT2D eigenvalue weighted by molar-refractivity contribution is -0.122. The molecule has 2 unspecified atom stereocenters. The lowest BCUT2D eigenvalue weighted by Crippen LogP contribution is -2.42. The summed E-state index contributed by atoms with van der Waals surface area (Å²) < 4.78 is 5.01. The first-order valence-electron chi connectivity index (χ1n) is 3.40. The summed E-state index contributed by atoms with van der Waals surface area (Å²) in [6.45, 7) is 0. The van der Waals surface area contributed by atoms with E-state index in [0.717, 1.165) is 5.75 Å². The molecule has 0 aromatic rings. The predicted molar refractivity (Wildman–Crippen MR) is 44.2 cm³/mol. The summed E-state index contributed by atoms with van der Waals surface area (Å²) in [4.78, 5) is 11.0. The molecule has 0 aromatic heterocycles. The van der Waals surface area contributed by atoms with E-state index >= 15 is 0 Å². The zero-order valence-electron chi connectivity index (χ0n) is 6.59. The van der Waals surface area contributed by atoms with E-state index in [0.29, 0.717) is 0 Å². The first-order valence-corrected chi connectivity index (χ1v) is 4.45. The maximum Gasteiger partial charge on any atom is 0.237 e. The van der Waals surface area contributed by atoms with Gasteiger partial charge in [0.15, 0.2) is 5.56 Å². The average molecular weight is 176 g/mol. The van der Waals surface area contributed by atoms with Crippen molar-refractivity contribution < 1.29 is 9.53 Å². The molecule has 0 aliphatic carbocycles. The first-order chi connectivity index (χ1) is 5.27. The van der Waals surface area contributed by atoms with E-state index in [-0.39, 0.29) is 17.5 Å². The third-order valence-corrected chi connectivity index (χ3v) is 2.69. The van der Waals surface area contributed by atoms with E-state index in [4.69, 9.17) is 4.74 Å². The van der Waals surface area contributed by atoms with Crippen LogP contribution in [0.15, 0.2) is 0 Å². The van der Waals surface area contributed by atoms with Gasteiger partial charge in [0.2, 0.25) is 5.91 Å². The molecule has 1 fully saturated rings. The maximum atomic E-state index is 11.0. The van der Waals surface area contributed by atoms with E-state index < -0.39 is 0 Å². The highest BCUT2D eigenvalue weighted by atomic mass is 32.2. The molecule has 1 heterocycles. The monoisotopic (exact) mass is 176 g/mol. The summed E-state index contributed by atoms with van der Waals surface area (Å²) in [6, 6.07) is -0.102. The van der Waals surface area contributed by atoms with Crippen molar-refractivity contribution in [1.29, 1.82) is 0 Å². The number of likely N-dealkylation sites (N-methyl/N-ethyl adjacent to an activating group) is 1. The number of carbonyl (C=O) groups excluding carboxylic acids is 1. The molecule has 0 radical (unpaired) electrons. The molecule has 0 bridgehead atoms. The van der Waals surface area contributed by atoms with Crippen LogP contribution in [0, 0.1) is 0 Å². The Morgan fingerprint density at radius 2 is 2.55 bits per heavy atom. The van der Waals surface area contributed by atoms with E-state index in [1.54, 1.807) is 25.9 Å². The topological polar surface area (TPSA) is 50.4 Å². The molecular weight excluding hydrogens is 164 g/mol. The third kappa shape index (κ3) is 2.08. The van der Waals surface area contributed by atoms with Crippen molar-refractivity contribution in [1.82, 2.24) is 10.6 Å². The van der Waals surface area contributed by atoms with Crippen molar-refractivity contribution >= 4 is 17.7 Å². The fraction of sp³-hybridized carbons (Fsp3) is 0.833. The number of amides is 1. The number of ether oxygens (including phenoxy) is 1. The Balaban J connectivity index is 2.35. The number of rotatable bonds is 2. The Bertz CT molecular complexity index is 154. The van der Waals surface area contributed by atoms with Crippen LogP contribution < -0.4 is 10.6 Å². The van der Waals surface area contributed by atoms with Gasteiger partial charge in [-0.05, 0) is 0 Å². The normalized spacial score (nSPS) is 30.4. The van der Waals surface area contributed by atoms with E-state index in [1.807, 2.05) is 0 Å². The number of nitrogens with one attached hydrogen (secondary N) is 2. The molecule has 4 nitrogen and oxygen atoms in total. The van der Waals surface area contributed by atoms with Crippen LogP contribution in [0.5, 0.6) is 0 Å². The number of hydrogen-bond acceptors (Lipinski definition) is 4. The van der Waals surface area contributed by atoms with Crippen molar-refractivity contribution in [3.8, 4) is 0 Å². The van der Waals surface area contributed by atoms with Gasteiger partial charge in [-0.1, -0.05) is 0 Å². The molecule has 0 spiro atoms. The second-order valence-electron chi connectivity index (χ2n) is 2.23. The van der Waals surface area contributed by atoms with Crippen LogP contribution in [0.25, 0.3) is 0 Å². The van der Waals surface area contributed by atoms with E-state index in [1.165, 1.54) is 0 Å². The van der Waals surface area contributed by atoms with Gasteiger partial charge in [0.1, 0.15) is 0 Å². The fourth-order valence-electron chi connectivity index (χ4n) is 0.906. The molecule has 1 aliphatic rings. The summed E-state index contributed by atoms with van der Waals surface area (Å²) in [5.41, 5.74) is -0.0303. The van der Waals surface area contributed by atoms with Crippen molar-refractivity contribution in [3.05, 3.63) is 0 Å². The molecule has 11 heavy (non-hydrogen) atoms. The van der Waals surface area contributed by atoms with Gasteiger partial charge in [0.05, 0.1) is 6.04 Å². The van der Waals surface area contributed by atoms with Crippen molar-refractivity contribution in [3.63, 3.8) is 0 Å². The van der Waals surface area contributed by atoms with Crippen LogP contribution in [0.2, 0.25) is 0 Å². The molecule has 1 amide bonds. The molecule has 0 saturated carbocycles. The minimum atomic E-state index is -0.102. The number of methoxy groups -OCH3 is 1. The number of hydrogen-bond donors (Lipinski definition) is 2.